The number of pyridine rings is 1. The second-order valence-corrected chi connectivity index (χ2v) is 8.12. The highest BCUT2D eigenvalue weighted by Crippen LogP contribution is 2.28. The Morgan fingerprint density at radius 3 is 2.73 bits per heavy atom. The van der Waals surface area contributed by atoms with Gasteiger partial charge in [0.25, 0.3) is 5.56 Å². The summed E-state index contributed by atoms with van der Waals surface area (Å²) in [6.45, 7) is 1.24. The maximum absolute atomic E-state index is 13.4. The van der Waals surface area contributed by atoms with Crippen LogP contribution in [0.25, 0.3) is 21.7 Å². The van der Waals surface area contributed by atoms with Crippen LogP contribution in [0.4, 0.5) is 0 Å². The molecule has 2 N–H and O–H groups in total. The van der Waals surface area contributed by atoms with Gasteiger partial charge in [-0.25, -0.2) is 9.97 Å². The van der Waals surface area contributed by atoms with Gasteiger partial charge in [0, 0.05) is 18.1 Å². The quantitative estimate of drug-likeness (QED) is 0.393. The molecule has 2 aromatic heterocycles. The highest BCUT2D eigenvalue weighted by atomic mass is 35.5. The van der Waals surface area contributed by atoms with Crippen molar-refractivity contribution in [2.75, 3.05) is 13.1 Å². The molecule has 7 heteroatoms. The largest absolute Gasteiger partial charge is 0.390 e. The molecule has 4 aromatic rings. The number of halogens is 1. The van der Waals surface area contributed by atoms with E-state index in [0.29, 0.717) is 35.4 Å². The molecule has 2 atom stereocenters. The average molecular weight is 421 g/mol. The summed E-state index contributed by atoms with van der Waals surface area (Å²) in [5.74, 6) is 0. The first-order valence-corrected chi connectivity index (χ1v) is 10.4. The number of fused-ring (bicyclic) bond motifs is 3. The van der Waals surface area contributed by atoms with Crippen LogP contribution in [0, 0.1) is 0 Å². The third-order valence-electron chi connectivity index (χ3n) is 5.83. The van der Waals surface area contributed by atoms with Crippen LogP contribution in [0.15, 0.2) is 59.8 Å². The molecule has 1 aliphatic heterocycles. The van der Waals surface area contributed by atoms with Crippen LogP contribution in [0.2, 0.25) is 5.15 Å². The molecule has 5 rings (SSSR count). The Labute approximate surface area is 178 Å². The van der Waals surface area contributed by atoms with Gasteiger partial charge in [-0.3, -0.25) is 9.36 Å². The van der Waals surface area contributed by atoms with Crippen LogP contribution in [-0.4, -0.2) is 38.8 Å². The predicted molar refractivity (Wildman–Crippen MR) is 118 cm³/mol. The summed E-state index contributed by atoms with van der Waals surface area (Å²) in [7, 11) is 0. The number of nitrogens with one attached hydrogen (secondary N) is 1. The van der Waals surface area contributed by atoms with E-state index in [-0.39, 0.29) is 11.6 Å². The smallest absolute Gasteiger partial charge is 0.261 e. The Morgan fingerprint density at radius 2 is 1.97 bits per heavy atom. The monoisotopic (exact) mass is 420 g/mol. The van der Waals surface area contributed by atoms with Crippen LogP contribution in [0.5, 0.6) is 0 Å². The van der Waals surface area contributed by atoms with Crippen molar-refractivity contribution in [3.05, 3.63) is 81.6 Å². The fourth-order valence-electron chi connectivity index (χ4n) is 4.31. The molecule has 0 spiro atoms. The molecule has 0 unspecified atom stereocenters. The predicted octanol–water partition coefficient (Wildman–Crippen LogP) is 3.08. The third-order valence-corrected chi connectivity index (χ3v) is 6.06. The zero-order valence-electron chi connectivity index (χ0n) is 16.3. The first-order valence-electron chi connectivity index (χ1n) is 10.0. The number of rotatable bonds is 3. The molecule has 0 bridgehead atoms. The van der Waals surface area contributed by atoms with Gasteiger partial charge >= 0.3 is 0 Å². The Kier molecular flexibility index (Phi) is 4.98. The topological polar surface area (TPSA) is 80.0 Å². The van der Waals surface area contributed by atoms with Gasteiger partial charge in [0.05, 0.1) is 29.4 Å². The summed E-state index contributed by atoms with van der Waals surface area (Å²) in [5.41, 5.74) is 2.62. The van der Waals surface area contributed by atoms with Gasteiger partial charge in [-0.05, 0) is 48.0 Å². The fraction of sp³-hybridized carbons (Fsp3) is 0.261. The number of benzene rings is 2. The van der Waals surface area contributed by atoms with Gasteiger partial charge in [-0.1, -0.05) is 41.9 Å². The Hall–Kier alpha value is -2.80. The molecule has 2 aromatic carbocycles. The lowest BCUT2D eigenvalue weighted by Crippen LogP contribution is -2.44. The number of hydrogen-bond donors (Lipinski definition) is 2. The molecule has 6 nitrogen and oxygen atoms in total. The van der Waals surface area contributed by atoms with Gasteiger partial charge in [0.15, 0.2) is 0 Å². The van der Waals surface area contributed by atoms with E-state index in [1.807, 2.05) is 30.3 Å². The van der Waals surface area contributed by atoms with Crippen LogP contribution in [0.1, 0.15) is 23.6 Å². The molecule has 0 radical (unpaired) electrons. The number of β-amino-alcohol motifs (C(OH)–C–C–N with tert-alkyl or cyclic N) is 1. The number of hydrogen-bond acceptors (Lipinski definition) is 5. The maximum atomic E-state index is 13.4. The van der Waals surface area contributed by atoms with Gasteiger partial charge in [0.2, 0.25) is 0 Å². The first kappa shape index (κ1) is 19.2. The SMILES string of the molecule is O=c1c2cc(Cc3ccc(Cl)nc3)c3ccccc3c2ncn1[C@@H]1CCNC[C@@H]1O. The van der Waals surface area contributed by atoms with Gasteiger partial charge < -0.3 is 10.4 Å². The summed E-state index contributed by atoms with van der Waals surface area (Å²) < 4.78 is 1.59. The lowest BCUT2D eigenvalue weighted by Gasteiger charge is -2.29. The van der Waals surface area contributed by atoms with Crippen molar-refractivity contribution >= 4 is 33.3 Å². The molecular formula is C23H21ClN4O2. The number of aromatic nitrogens is 3. The van der Waals surface area contributed by atoms with E-state index in [9.17, 15) is 9.90 Å². The van der Waals surface area contributed by atoms with E-state index in [0.717, 1.165) is 28.4 Å². The first-order chi connectivity index (χ1) is 14.6. The minimum absolute atomic E-state index is 0.118. The Balaban J connectivity index is 1.70. The van der Waals surface area contributed by atoms with E-state index in [4.69, 9.17) is 11.6 Å². The minimum atomic E-state index is -0.615. The Bertz CT molecular complexity index is 1290. The fourth-order valence-corrected chi connectivity index (χ4v) is 4.43. The molecule has 30 heavy (non-hydrogen) atoms. The number of aliphatic hydroxyl groups is 1. The van der Waals surface area contributed by atoms with Crippen molar-refractivity contribution in [3.63, 3.8) is 0 Å². The molecule has 1 saturated heterocycles. The molecular weight excluding hydrogens is 400 g/mol. The zero-order chi connectivity index (χ0) is 20.7. The highest BCUT2D eigenvalue weighted by Gasteiger charge is 2.26. The molecule has 0 amide bonds. The van der Waals surface area contributed by atoms with Gasteiger partial charge in [0.1, 0.15) is 5.15 Å². The number of nitrogens with zero attached hydrogens (tertiary/aromatic N) is 3. The second kappa shape index (κ2) is 7.80. The summed E-state index contributed by atoms with van der Waals surface area (Å²) in [4.78, 5) is 22.2. The molecule has 0 aliphatic carbocycles. The summed E-state index contributed by atoms with van der Waals surface area (Å²) in [6.07, 6.45) is 4.04. The number of aliphatic hydroxyl groups excluding tert-OH is 1. The van der Waals surface area contributed by atoms with E-state index >= 15 is 0 Å². The lowest BCUT2D eigenvalue weighted by molar-refractivity contribution is 0.0852. The van der Waals surface area contributed by atoms with Crippen molar-refractivity contribution in [1.82, 2.24) is 19.9 Å². The lowest BCUT2D eigenvalue weighted by atomic mass is 9.96. The van der Waals surface area contributed by atoms with E-state index in [1.54, 1.807) is 23.2 Å². The second-order valence-electron chi connectivity index (χ2n) is 7.73. The van der Waals surface area contributed by atoms with Gasteiger partial charge in [-0.2, -0.15) is 0 Å². The molecule has 1 fully saturated rings. The summed E-state index contributed by atoms with van der Waals surface area (Å²) in [6, 6.07) is 13.4. The summed E-state index contributed by atoms with van der Waals surface area (Å²) in [5, 5.41) is 16.6. The normalized spacial score (nSPS) is 19.4. The molecule has 0 saturated carbocycles. The number of piperidine rings is 1. The summed E-state index contributed by atoms with van der Waals surface area (Å²) >= 11 is 5.92. The minimum Gasteiger partial charge on any atom is -0.390 e. The van der Waals surface area contributed by atoms with Crippen molar-refractivity contribution in [3.8, 4) is 0 Å². The average Bonchev–Trinajstić information content (AvgIpc) is 2.77. The molecule has 3 heterocycles. The van der Waals surface area contributed by atoms with Crippen LogP contribution >= 0.6 is 11.6 Å². The molecule has 152 valence electrons. The van der Waals surface area contributed by atoms with Crippen molar-refractivity contribution in [2.24, 2.45) is 0 Å². The third kappa shape index (κ3) is 3.37. The zero-order valence-corrected chi connectivity index (χ0v) is 17.0. The van der Waals surface area contributed by atoms with Crippen LogP contribution in [0.3, 0.4) is 0 Å². The van der Waals surface area contributed by atoms with Crippen molar-refractivity contribution in [2.45, 2.75) is 25.0 Å². The van der Waals surface area contributed by atoms with Gasteiger partial charge in [-0.15, -0.1) is 0 Å². The van der Waals surface area contributed by atoms with E-state index in [1.165, 1.54) is 0 Å². The van der Waals surface area contributed by atoms with E-state index in [2.05, 4.69) is 21.4 Å². The van der Waals surface area contributed by atoms with E-state index < -0.39 is 6.10 Å². The van der Waals surface area contributed by atoms with Crippen molar-refractivity contribution in [1.29, 1.82) is 0 Å². The van der Waals surface area contributed by atoms with Crippen LogP contribution in [-0.2, 0) is 6.42 Å². The van der Waals surface area contributed by atoms with Crippen molar-refractivity contribution < 1.29 is 5.11 Å². The van der Waals surface area contributed by atoms with Crippen LogP contribution < -0.4 is 10.9 Å². The highest BCUT2D eigenvalue weighted by molar-refractivity contribution is 6.29. The standard InChI is InChI=1S/C23H21ClN4O2/c24-21-6-5-14(11-26-21)9-15-10-18-22(17-4-2-1-3-16(15)17)27-13-28(23(18)30)19-7-8-25-12-20(19)29/h1-6,10-11,13,19-20,25,29H,7-9,12H2/t19-,20+/m1/s1. The molecule has 1 aliphatic rings. The maximum Gasteiger partial charge on any atom is 0.261 e. The Morgan fingerprint density at radius 1 is 1.13 bits per heavy atom.